The fourth-order valence-corrected chi connectivity index (χ4v) is 5.14. The van der Waals surface area contributed by atoms with Crippen molar-refractivity contribution in [3.05, 3.63) is 132 Å². The zero-order valence-corrected chi connectivity index (χ0v) is 24.6. The van der Waals surface area contributed by atoms with Gasteiger partial charge in [-0.2, -0.15) is 0 Å². The molecule has 0 amide bonds. The molecule has 5 aromatic rings. The van der Waals surface area contributed by atoms with E-state index in [4.69, 9.17) is 32.3 Å². The number of ether oxygens (including phenoxy) is 2. The van der Waals surface area contributed by atoms with Crippen molar-refractivity contribution in [2.45, 2.75) is 0 Å². The summed E-state index contributed by atoms with van der Waals surface area (Å²) in [7, 11) is -2.89. The second-order valence-corrected chi connectivity index (χ2v) is 10.2. The van der Waals surface area contributed by atoms with E-state index in [0.717, 1.165) is 21.2 Å². The lowest BCUT2D eigenvalue weighted by atomic mass is 10.0. The molecular formula is C38H26BF2N3O2. The number of halogens is 2. The molecule has 1 aliphatic heterocycles. The third kappa shape index (κ3) is 6.38. The molecule has 222 valence electrons. The Bertz CT molecular complexity index is 2020. The number of benzene rings is 4. The van der Waals surface area contributed by atoms with Crippen LogP contribution in [0, 0.1) is 24.7 Å². The zero-order chi connectivity index (χ0) is 31.9. The molecule has 5 nitrogen and oxygen atoms in total. The van der Waals surface area contributed by atoms with Crippen molar-refractivity contribution in [1.29, 1.82) is 0 Å². The predicted molar refractivity (Wildman–Crippen MR) is 182 cm³/mol. The van der Waals surface area contributed by atoms with Crippen LogP contribution in [0.15, 0.2) is 131 Å². The van der Waals surface area contributed by atoms with Gasteiger partial charge in [-0.05, 0) is 77.4 Å². The van der Waals surface area contributed by atoms with Crippen molar-refractivity contribution in [1.82, 2.24) is 4.48 Å². The molecule has 0 saturated carbocycles. The maximum atomic E-state index is 15.1. The minimum Gasteiger partial charge on any atom is -0.481 e. The SMILES string of the molecule is C#CCOc1ccc(C2=N/C(=N\c3c(-c4ccccc4)cc(-c4ccc(OCC#C)cc4)n3B(F)F)C(c3ccccc3)=C2)cc1. The summed E-state index contributed by atoms with van der Waals surface area (Å²) in [5.74, 6) is 6.45. The van der Waals surface area contributed by atoms with Crippen LogP contribution in [-0.2, 0) is 0 Å². The van der Waals surface area contributed by atoms with Crippen LogP contribution in [0.3, 0.4) is 0 Å². The third-order valence-electron chi connectivity index (χ3n) is 7.28. The minimum atomic E-state index is -2.89. The lowest BCUT2D eigenvalue weighted by Gasteiger charge is -2.11. The van der Waals surface area contributed by atoms with E-state index in [1.807, 2.05) is 91.0 Å². The molecule has 0 unspecified atom stereocenters. The quantitative estimate of drug-likeness (QED) is 0.119. The molecule has 0 saturated heterocycles. The number of allylic oxidation sites excluding steroid dienone is 1. The van der Waals surface area contributed by atoms with Gasteiger partial charge in [0, 0.05) is 22.4 Å². The van der Waals surface area contributed by atoms with Gasteiger partial charge in [-0.1, -0.05) is 72.5 Å². The number of aliphatic imine (C=N–C) groups is 2. The average Bonchev–Trinajstić information content (AvgIpc) is 3.70. The highest BCUT2D eigenvalue weighted by Gasteiger charge is 2.30. The van der Waals surface area contributed by atoms with Crippen LogP contribution in [0.4, 0.5) is 14.4 Å². The summed E-state index contributed by atoms with van der Waals surface area (Å²) in [6, 6.07) is 34.9. The molecule has 0 spiro atoms. The van der Waals surface area contributed by atoms with E-state index in [1.54, 1.807) is 30.3 Å². The molecule has 0 fully saturated rings. The average molecular weight is 605 g/mol. The molecule has 0 radical (unpaired) electrons. The van der Waals surface area contributed by atoms with E-state index in [0.29, 0.717) is 45.4 Å². The van der Waals surface area contributed by atoms with E-state index >= 15 is 8.63 Å². The van der Waals surface area contributed by atoms with Crippen molar-refractivity contribution in [3.63, 3.8) is 0 Å². The van der Waals surface area contributed by atoms with Crippen LogP contribution in [0.1, 0.15) is 11.1 Å². The lowest BCUT2D eigenvalue weighted by Crippen LogP contribution is -2.14. The largest absolute Gasteiger partial charge is 0.679 e. The lowest BCUT2D eigenvalue weighted by molar-refractivity contribution is 0.370. The molecule has 0 aliphatic carbocycles. The van der Waals surface area contributed by atoms with Crippen LogP contribution >= 0.6 is 0 Å². The summed E-state index contributed by atoms with van der Waals surface area (Å²) >= 11 is 0. The van der Waals surface area contributed by atoms with E-state index in [9.17, 15) is 0 Å². The van der Waals surface area contributed by atoms with Crippen LogP contribution in [-0.4, -0.2) is 36.6 Å². The Hall–Kier alpha value is -6.12. The molecule has 8 heteroatoms. The van der Waals surface area contributed by atoms with Gasteiger partial charge in [0.25, 0.3) is 0 Å². The molecule has 4 aromatic carbocycles. The third-order valence-corrected chi connectivity index (χ3v) is 7.28. The van der Waals surface area contributed by atoms with E-state index in [1.165, 1.54) is 0 Å². The maximum absolute atomic E-state index is 15.1. The first kappa shape index (κ1) is 29.9. The molecule has 0 atom stereocenters. The Morgan fingerprint density at radius 3 is 1.78 bits per heavy atom. The van der Waals surface area contributed by atoms with Gasteiger partial charge in [-0.3, -0.25) is 8.63 Å². The highest BCUT2D eigenvalue weighted by molar-refractivity contribution is 6.43. The molecule has 1 aliphatic rings. The van der Waals surface area contributed by atoms with Gasteiger partial charge in [-0.25, -0.2) is 9.98 Å². The van der Waals surface area contributed by atoms with Crippen molar-refractivity contribution in [2.75, 3.05) is 13.2 Å². The summed E-state index contributed by atoms with van der Waals surface area (Å²) in [5, 5.41) is 0. The highest BCUT2D eigenvalue weighted by atomic mass is 19.2. The Morgan fingerprint density at radius 1 is 0.696 bits per heavy atom. The molecule has 46 heavy (non-hydrogen) atoms. The number of aromatic nitrogens is 1. The van der Waals surface area contributed by atoms with Crippen molar-refractivity contribution in [2.24, 2.45) is 9.98 Å². The number of nitrogens with zero attached hydrogens (tertiary/aromatic N) is 3. The van der Waals surface area contributed by atoms with Gasteiger partial charge in [-0.15, -0.1) is 12.8 Å². The monoisotopic (exact) mass is 605 g/mol. The van der Waals surface area contributed by atoms with E-state index in [-0.39, 0.29) is 19.0 Å². The first-order valence-corrected chi connectivity index (χ1v) is 14.4. The number of hydrogen-bond acceptors (Lipinski definition) is 3. The number of hydrogen-bond donors (Lipinski definition) is 0. The molecule has 0 bridgehead atoms. The number of amidine groups is 1. The molecule has 2 heterocycles. The minimum absolute atomic E-state index is 0.0868. The highest BCUT2D eigenvalue weighted by Crippen LogP contribution is 2.40. The first-order chi connectivity index (χ1) is 22.6. The Morgan fingerprint density at radius 2 is 1.24 bits per heavy atom. The topological polar surface area (TPSA) is 48.1 Å². The van der Waals surface area contributed by atoms with E-state index in [2.05, 4.69) is 11.8 Å². The summed E-state index contributed by atoms with van der Waals surface area (Å²) < 4.78 is 42.1. The van der Waals surface area contributed by atoms with Crippen LogP contribution in [0.5, 0.6) is 11.5 Å². The molecule has 1 aromatic heterocycles. The Balaban J connectivity index is 1.51. The molecule has 6 rings (SSSR count). The van der Waals surface area contributed by atoms with Crippen LogP contribution in [0.25, 0.3) is 28.0 Å². The van der Waals surface area contributed by atoms with Gasteiger partial charge in [0.2, 0.25) is 0 Å². The summed E-state index contributed by atoms with van der Waals surface area (Å²) in [4.78, 5) is 9.77. The fourth-order valence-electron chi connectivity index (χ4n) is 5.14. The van der Waals surface area contributed by atoms with Gasteiger partial charge in [0.15, 0.2) is 5.84 Å². The van der Waals surface area contributed by atoms with Crippen molar-refractivity contribution >= 4 is 30.3 Å². The summed E-state index contributed by atoms with van der Waals surface area (Å²) in [6.45, 7) is 0.268. The number of terminal acetylenes is 2. The van der Waals surface area contributed by atoms with Gasteiger partial charge >= 0.3 is 7.40 Å². The fraction of sp³-hybridized carbons (Fsp3) is 0.0526. The van der Waals surface area contributed by atoms with E-state index < -0.39 is 7.40 Å². The summed E-state index contributed by atoms with van der Waals surface area (Å²) in [5.41, 5.74) is 5.17. The first-order valence-electron chi connectivity index (χ1n) is 14.4. The second-order valence-electron chi connectivity index (χ2n) is 10.2. The maximum Gasteiger partial charge on any atom is 0.679 e. The van der Waals surface area contributed by atoms with Crippen molar-refractivity contribution in [3.8, 4) is 58.6 Å². The van der Waals surface area contributed by atoms with Gasteiger partial charge in [0.1, 0.15) is 30.5 Å². The Labute approximate surface area is 266 Å². The standard InChI is InChI=1S/C38H26BF2N3O2/c1-3-23-45-31-19-15-29(16-20-31)35-25-33(27-11-7-5-8-12-27)37(42-35)43-38-34(28-13-9-6-10-14-28)26-36(44(38)39(40)41)30-17-21-32(22-18-30)46-24-4-2/h1-2,5-22,25-26H,23-24H2/b43-37-. The normalized spacial score (nSPS) is 13.0. The zero-order valence-electron chi connectivity index (χ0n) is 24.6. The van der Waals surface area contributed by atoms with Crippen molar-refractivity contribution < 1.29 is 18.1 Å². The van der Waals surface area contributed by atoms with Gasteiger partial charge in [0.05, 0.1) is 5.71 Å². The number of rotatable bonds is 10. The summed E-state index contributed by atoms with van der Waals surface area (Å²) in [6.07, 6.45) is 12.5. The molecular weight excluding hydrogens is 579 g/mol. The predicted octanol–water partition coefficient (Wildman–Crippen LogP) is 8.23. The smallest absolute Gasteiger partial charge is 0.481 e. The second kappa shape index (κ2) is 13.7. The van der Waals surface area contributed by atoms with Crippen LogP contribution in [0.2, 0.25) is 0 Å². The van der Waals surface area contributed by atoms with Gasteiger partial charge < -0.3 is 14.0 Å². The Kier molecular flexibility index (Phi) is 8.90. The van der Waals surface area contributed by atoms with Crippen LogP contribution < -0.4 is 9.47 Å². The molecule has 0 N–H and O–H groups in total.